The molecule has 0 aliphatic heterocycles. The van der Waals surface area contributed by atoms with Crippen molar-refractivity contribution in [1.82, 2.24) is 0 Å². The summed E-state index contributed by atoms with van der Waals surface area (Å²) in [5.41, 5.74) is 4.35. The number of aliphatic hydroxyl groups excluding tert-OH is 2. The molecule has 0 bridgehead atoms. The van der Waals surface area contributed by atoms with Gasteiger partial charge in [0.1, 0.15) is 0 Å². The Balaban J connectivity index is 0.000000200. The maximum Gasteiger partial charge on any atom is 0.0684 e. The molecule has 2 rings (SSSR count). The van der Waals surface area contributed by atoms with Crippen LogP contribution in [0.15, 0.2) is 36.4 Å². The summed E-state index contributed by atoms with van der Waals surface area (Å²) in [6, 6.07) is 12.1. The molecule has 108 valence electrons. The van der Waals surface area contributed by atoms with Gasteiger partial charge < -0.3 is 10.2 Å². The predicted octanol–water partition coefficient (Wildman–Crippen LogP) is 4.18. The van der Waals surface area contributed by atoms with E-state index in [2.05, 4.69) is 45.2 Å². The van der Waals surface area contributed by atoms with Gasteiger partial charge in [0.2, 0.25) is 0 Å². The Kier molecular flexibility index (Phi) is 8.01. The number of aliphatic hydroxyl groups is 2. The maximum absolute atomic E-state index is 8.84. The normalized spacial score (nSPS) is 9.90. The van der Waals surface area contributed by atoms with Crippen molar-refractivity contribution < 1.29 is 10.2 Å². The third kappa shape index (κ3) is 5.67. The number of benzene rings is 2. The Morgan fingerprint density at radius 3 is 1.35 bits per heavy atom. The Morgan fingerprint density at radius 1 is 0.750 bits per heavy atom. The summed E-state index contributed by atoms with van der Waals surface area (Å²) in [5.74, 6) is 0. The van der Waals surface area contributed by atoms with Crippen LogP contribution in [0.25, 0.3) is 0 Å². The fourth-order valence-electron chi connectivity index (χ4n) is 1.62. The van der Waals surface area contributed by atoms with Gasteiger partial charge in [-0.3, -0.25) is 0 Å². The van der Waals surface area contributed by atoms with E-state index in [0.717, 1.165) is 22.3 Å². The fourth-order valence-corrected chi connectivity index (χ4v) is 2.73. The molecule has 0 heterocycles. The van der Waals surface area contributed by atoms with Crippen LogP contribution in [-0.2, 0) is 13.2 Å². The van der Waals surface area contributed by atoms with E-state index in [4.69, 9.17) is 10.2 Å². The molecule has 0 unspecified atom stereocenters. The molecule has 2 nitrogen and oxygen atoms in total. The third-order valence-corrected chi connectivity index (χ3v) is 4.31. The van der Waals surface area contributed by atoms with Crippen molar-refractivity contribution >= 4 is 45.2 Å². The van der Waals surface area contributed by atoms with Crippen molar-refractivity contribution in [2.45, 2.75) is 27.1 Å². The van der Waals surface area contributed by atoms with Crippen LogP contribution in [0.1, 0.15) is 22.3 Å². The zero-order valence-corrected chi connectivity index (χ0v) is 15.8. The molecule has 20 heavy (non-hydrogen) atoms. The van der Waals surface area contributed by atoms with Crippen molar-refractivity contribution in [2.75, 3.05) is 0 Å². The Labute approximate surface area is 147 Å². The van der Waals surface area contributed by atoms with E-state index in [-0.39, 0.29) is 13.2 Å². The van der Waals surface area contributed by atoms with Crippen LogP contribution in [0.2, 0.25) is 0 Å². The molecule has 0 aromatic heterocycles. The summed E-state index contributed by atoms with van der Waals surface area (Å²) in [6.07, 6.45) is 0. The van der Waals surface area contributed by atoms with Gasteiger partial charge in [-0.15, -0.1) is 0 Å². The van der Waals surface area contributed by atoms with Crippen LogP contribution in [0.3, 0.4) is 0 Å². The number of aryl methyl sites for hydroxylation is 2. The van der Waals surface area contributed by atoms with Gasteiger partial charge in [0.05, 0.1) is 13.2 Å². The zero-order valence-electron chi connectivity index (χ0n) is 11.5. The van der Waals surface area contributed by atoms with Gasteiger partial charge in [0.25, 0.3) is 0 Å². The minimum atomic E-state index is 0.142. The molecule has 0 spiro atoms. The quantitative estimate of drug-likeness (QED) is 0.613. The summed E-state index contributed by atoms with van der Waals surface area (Å²) in [5, 5.41) is 17.7. The van der Waals surface area contributed by atoms with Crippen molar-refractivity contribution in [1.29, 1.82) is 0 Å². The smallest absolute Gasteiger partial charge is 0.0684 e. The minimum Gasteiger partial charge on any atom is -0.392 e. The second kappa shape index (κ2) is 8.96. The van der Waals surface area contributed by atoms with Crippen LogP contribution in [-0.4, -0.2) is 10.2 Å². The molecule has 0 fully saturated rings. The molecule has 0 atom stereocenters. The van der Waals surface area contributed by atoms with Gasteiger partial charge >= 0.3 is 0 Å². The lowest BCUT2D eigenvalue weighted by Crippen LogP contribution is -1.88. The van der Waals surface area contributed by atoms with E-state index < -0.39 is 0 Å². The molecule has 0 aliphatic carbocycles. The molecule has 0 saturated heterocycles. The summed E-state index contributed by atoms with van der Waals surface area (Å²) in [7, 11) is 0. The van der Waals surface area contributed by atoms with Crippen LogP contribution < -0.4 is 0 Å². The second-order valence-electron chi connectivity index (χ2n) is 4.46. The summed E-state index contributed by atoms with van der Waals surface area (Å²) < 4.78 is 2.35. The van der Waals surface area contributed by atoms with Crippen molar-refractivity contribution in [3.63, 3.8) is 0 Å². The standard InChI is InChI=1S/2C8H9IO/c2*1-6-2-3-8(9)4-7(6)5-10/h2*2-4,10H,5H2,1H3. The highest BCUT2D eigenvalue weighted by Crippen LogP contribution is 2.13. The van der Waals surface area contributed by atoms with Crippen LogP contribution >= 0.6 is 45.2 Å². The summed E-state index contributed by atoms with van der Waals surface area (Å²) in [4.78, 5) is 0. The van der Waals surface area contributed by atoms with Gasteiger partial charge in [-0.25, -0.2) is 0 Å². The van der Waals surface area contributed by atoms with Crippen LogP contribution in [0, 0.1) is 21.0 Å². The molecule has 0 radical (unpaired) electrons. The minimum absolute atomic E-state index is 0.142. The van der Waals surface area contributed by atoms with Crippen LogP contribution in [0.4, 0.5) is 0 Å². The molecular formula is C16H18I2O2. The van der Waals surface area contributed by atoms with E-state index >= 15 is 0 Å². The van der Waals surface area contributed by atoms with Crippen LogP contribution in [0.5, 0.6) is 0 Å². The molecular weight excluding hydrogens is 478 g/mol. The number of hydrogen-bond acceptors (Lipinski definition) is 2. The van der Waals surface area contributed by atoms with Gasteiger partial charge in [0.15, 0.2) is 0 Å². The third-order valence-electron chi connectivity index (χ3n) is 2.96. The average molecular weight is 496 g/mol. The van der Waals surface area contributed by atoms with Crippen molar-refractivity contribution in [3.05, 3.63) is 65.8 Å². The molecule has 2 N–H and O–H groups in total. The van der Waals surface area contributed by atoms with E-state index in [1.165, 1.54) is 7.14 Å². The van der Waals surface area contributed by atoms with Gasteiger partial charge in [-0.05, 0) is 106 Å². The molecule has 2 aromatic rings. The largest absolute Gasteiger partial charge is 0.392 e. The second-order valence-corrected chi connectivity index (χ2v) is 6.95. The van der Waals surface area contributed by atoms with E-state index in [0.29, 0.717) is 0 Å². The number of hydrogen-bond donors (Lipinski definition) is 2. The first kappa shape index (κ1) is 17.9. The zero-order chi connectivity index (χ0) is 15.1. The van der Waals surface area contributed by atoms with Gasteiger partial charge in [-0.2, -0.15) is 0 Å². The van der Waals surface area contributed by atoms with E-state index in [9.17, 15) is 0 Å². The lowest BCUT2D eigenvalue weighted by Gasteiger charge is -2.00. The number of halogens is 2. The molecule has 2 aromatic carbocycles. The SMILES string of the molecule is Cc1ccc(I)cc1CO.Cc1ccc(I)cc1CO. The lowest BCUT2D eigenvalue weighted by molar-refractivity contribution is 0.280. The molecule has 0 amide bonds. The summed E-state index contributed by atoms with van der Waals surface area (Å²) in [6.45, 7) is 4.29. The topological polar surface area (TPSA) is 40.5 Å². The highest BCUT2D eigenvalue weighted by Gasteiger charge is 1.96. The Hall–Kier alpha value is -0.180. The Morgan fingerprint density at radius 2 is 1.10 bits per heavy atom. The fraction of sp³-hybridized carbons (Fsp3) is 0.250. The first-order valence-electron chi connectivity index (χ1n) is 6.19. The average Bonchev–Trinajstić information content (AvgIpc) is 2.44. The Bertz CT molecular complexity index is 517. The van der Waals surface area contributed by atoms with Crippen molar-refractivity contribution in [3.8, 4) is 0 Å². The molecule has 0 aliphatic rings. The molecule has 0 saturated carbocycles. The molecule has 4 heteroatoms. The monoisotopic (exact) mass is 496 g/mol. The summed E-state index contributed by atoms with van der Waals surface area (Å²) >= 11 is 4.47. The van der Waals surface area contributed by atoms with E-state index in [1.807, 2.05) is 50.2 Å². The highest BCUT2D eigenvalue weighted by atomic mass is 127. The first-order chi connectivity index (χ1) is 9.47. The maximum atomic E-state index is 8.84. The van der Waals surface area contributed by atoms with Crippen molar-refractivity contribution in [2.24, 2.45) is 0 Å². The van der Waals surface area contributed by atoms with E-state index in [1.54, 1.807) is 0 Å². The van der Waals surface area contributed by atoms with Gasteiger partial charge in [0, 0.05) is 7.14 Å². The number of rotatable bonds is 2. The first-order valence-corrected chi connectivity index (χ1v) is 8.35. The lowest BCUT2D eigenvalue weighted by atomic mass is 10.1. The van der Waals surface area contributed by atoms with Gasteiger partial charge in [-0.1, -0.05) is 12.1 Å². The predicted molar refractivity (Wildman–Crippen MR) is 99.6 cm³/mol. The highest BCUT2D eigenvalue weighted by molar-refractivity contribution is 14.1.